The molecule has 6 rings (SSSR count). The van der Waals surface area contributed by atoms with Gasteiger partial charge in [-0.2, -0.15) is 0 Å². The lowest BCUT2D eigenvalue weighted by Crippen LogP contribution is -2.76. The Morgan fingerprint density at radius 1 is 1.00 bits per heavy atom. The molecule has 2 aliphatic rings. The van der Waals surface area contributed by atoms with Crippen LogP contribution in [0.3, 0.4) is 0 Å². The zero-order valence-corrected chi connectivity index (χ0v) is 25.4. The van der Waals surface area contributed by atoms with Gasteiger partial charge in [0.2, 0.25) is 11.8 Å². The van der Waals surface area contributed by atoms with Crippen molar-refractivity contribution in [1.29, 1.82) is 0 Å². The van der Waals surface area contributed by atoms with E-state index >= 15 is 0 Å². The molecule has 0 bridgehead atoms. The van der Waals surface area contributed by atoms with Crippen molar-refractivity contribution in [3.05, 3.63) is 106 Å². The van der Waals surface area contributed by atoms with Gasteiger partial charge in [0.15, 0.2) is 0 Å². The first-order valence-corrected chi connectivity index (χ1v) is 14.9. The Morgan fingerprint density at radius 2 is 1.75 bits per heavy atom. The molecule has 3 aromatic carbocycles. The van der Waals surface area contributed by atoms with E-state index in [1.165, 1.54) is 22.0 Å². The highest BCUT2D eigenvalue weighted by Crippen LogP contribution is 2.34. The van der Waals surface area contributed by atoms with E-state index in [1.807, 2.05) is 36.4 Å². The van der Waals surface area contributed by atoms with E-state index in [-0.39, 0.29) is 43.6 Å². The minimum Gasteiger partial charge on any atom is -0.508 e. The van der Waals surface area contributed by atoms with Crippen molar-refractivity contribution in [2.24, 2.45) is 0 Å². The van der Waals surface area contributed by atoms with Crippen LogP contribution < -0.4 is 5.32 Å². The second kappa shape index (κ2) is 12.3. The quantitative estimate of drug-likeness (QED) is 0.326. The summed E-state index contributed by atoms with van der Waals surface area (Å²) in [7, 11) is 1.68. The monoisotopic (exact) mass is 632 g/mol. The van der Waals surface area contributed by atoms with E-state index in [2.05, 4.69) is 10.3 Å². The molecule has 4 amide bonds. The molecule has 0 spiro atoms. The zero-order valence-electron chi connectivity index (χ0n) is 23.9. The number of nitrogens with one attached hydrogen (secondary N) is 1. The van der Waals surface area contributed by atoms with Crippen molar-refractivity contribution in [2.75, 3.05) is 20.1 Å². The number of amides is 4. The zero-order chi connectivity index (χ0) is 31.0. The summed E-state index contributed by atoms with van der Waals surface area (Å²) in [5.74, 6) is -0.457. The van der Waals surface area contributed by atoms with Gasteiger partial charge in [-0.25, -0.2) is 14.8 Å². The Bertz CT molecular complexity index is 1720. The molecule has 0 radical (unpaired) electrons. The third-order valence-corrected chi connectivity index (χ3v) is 8.69. The number of benzene rings is 3. The third-order valence-electron chi connectivity index (χ3n) is 8.04. The highest BCUT2D eigenvalue weighted by atomic mass is 35.5. The summed E-state index contributed by atoms with van der Waals surface area (Å²) < 4.78 is 0. The first kappa shape index (κ1) is 29.7. The average Bonchev–Trinajstić information content (AvgIpc) is 3.01. The molecule has 44 heavy (non-hydrogen) atoms. The van der Waals surface area contributed by atoms with Crippen molar-refractivity contribution < 1.29 is 19.5 Å². The van der Waals surface area contributed by atoms with Crippen molar-refractivity contribution in [2.45, 2.75) is 31.7 Å². The molecule has 2 N–H and O–H groups in total. The fourth-order valence-electron chi connectivity index (χ4n) is 5.93. The minimum atomic E-state index is -0.908. The summed E-state index contributed by atoms with van der Waals surface area (Å²) in [6.45, 7) is 0.359. The topological polar surface area (TPSA) is 109 Å². The van der Waals surface area contributed by atoms with Crippen LogP contribution in [0.25, 0.3) is 10.9 Å². The third kappa shape index (κ3) is 5.76. The molecule has 1 aromatic heterocycles. The van der Waals surface area contributed by atoms with E-state index in [1.54, 1.807) is 47.4 Å². The van der Waals surface area contributed by atoms with Crippen LogP contribution in [0.5, 0.6) is 5.75 Å². The second-order valence-electron chi connectivity index (χ2n) is 10.9. The van der Waals surface area contributed by atoms with Crippen LogP contribution in [0.2, 0.25) is 10.0 Å². The van der Waals surface area contributed by atoms with Gasteiger partial charge in [-0.15, -0.1) is 0 Å². The SMILES string of the molecule is CN1CC(=O)N2[C@@H](CN(Cc3c(Cl)cc(Cl)c4cccnc34)C(=O)[C@@H]2Cc2ccc(O)cc2)N1C(=O)NCc1ccccc1. The number of rotatable bonds is 6. The van der Waals surface area contributed by atoms with Crippen LogP contribution in [0.4, 0.5) is 4.79 Å². The maximum atomic E-state index is 14.2. The molecule has 226 valence electrons. The molecule has 2 aliphatic heterocycles. The lowest BCUT2D eigenvalue weighted by atomic mass is 9.98. The van der Waals surface area contributed by atoms with E-state index < -0.39 is 18.2 Å². The number of pyridine rings is 1. The van der Waals surface area contributed by atoms with Crippen LogP contribution in [0.1, 0.15) is 16.7 Å². The van der Waals surface area contributed by atoms with E-state index in [0.29, 0.717) is 33.1 Å². The Labute approximate surface area is 264 Å². The number of fused-ring (bicyclic) bond motifs is 2. The molecule has 3 heterocycles. The molecule has 12 heteroatoms. The molecule has 0 saturated carbocycles. The number of piperazine rings is 1. The number of hydrogen-bond donors (Lipinski definition) is 2. The van der Waals surface area contributed by atoms with Crippen molar-refractivity contribution in [3.8, 4) is 5.75 Å². The van der Waals surface area contributed by atoms with Gasteiger partial charge in [0.25, 0.3) is 0 Å². The molecular formula is C32H30Cl2N6O4. The molecule has 2 saturated heterocycles. The fraction of sp³-hybridized carbons (Fsp3) is 0.250. The van der Waals surface area contributed by atoms with Crippen LogP contribution in [0.15, 0.2) is 79.0 Å². The number of nitrogens with zero attached hydrogens (tertiary/aromatic N) is 5. The number of hydrazine groups is 1. The molecule has 0 unspecified atom stereocenters. The normalized spacial score (nSPS) is 18.9. The van der Waals surface area contributed by atoms with E-state index in [0.717, 1.165) is 11.1 Å². The molecular weight excluding hydrogens is 603 g/mol. The molecule has 2 fully saturated rings. The van der Waals surface area contributed by atoms with Crippen molar-refractivity contribution >= 4 is 52.0 Å². The average molecular weight is 634 g/mol. The molecule has 4 aromatic rings. The number of aromatic hydroxyl groups is 1. The lowest BCUT2D eigenvalue weighted by Gasteiger charge is -2.54. The van der Waals surface area contributed by atoms with Gasteiger partial charge < -0.3 is 20.2 Å². The lowest BCUT2D eigenvalue weighted by molar-refractivity contribution is -0.187. The minimum absolute atomic E-state index is 0.0486. The number of phenols is 1. The standard InChI is InChI=1S/C32H30Cl2N6O4/c1-37-19-29(42)39-27(14-20-9-11-22(41)12-10-20)31(43)38(17-24-26(34)15-25(33)23-8-5-13-35-30(23)24)18-28(39)40(37)32(44)36-16-21-6-3-2-4-7-21/h2-13,15,27-28,41H,14,16-19H2,1H3,(H,36,44)/t27-,28+/m0/s1. The van der Waals surface area contributed by atoms with Crippen LogP contribution in [-0.2, 0) is 29.1 Å². The second-order valence-corrected chi connectivity index (χ2v) is 11.7. The van der Waals surface area contributed by atoms with Gasteiger partial charge in [-0.3, -0.25) is 14.6 Å². The Morgan fingerprint density at radius 3 is 2.50 bits per heavy atom. The van der Waals surface area contributed by atoms with Crippen molar-refractivity contribution in [1.82, 2.24) is 30.1 Å². The first-order chi connectivity index (χ1) is 21.2. The highest BCUT2D eigenvalue weighted by molar-refractivity contribution is 6.39. The summed E-state index contributed by atoms with van der Waals surface area (Å²) in [6.07, 6.45) is 1.04. The predicted octanol–water partition coefficient (Wildman–Crippen LogP) is 4.43. The Hall–Kier alpha value is -4.38. The summed E-state index contributed by atoms with van der Waals surface area (Å²) >= 11 is 13.1. The number of aromatic nitrogens is 1. The first-order valence-electron chi connectivity index (χ1n) is 14.1. The van der Waals surface area contributed by atoms with Gasteiger partial charge in [-0.1, -0.05) is 65.7 Å². The number of hydrogen-bond acceptors (Lipinski definition) is 6. The van der Waals surface area contributed by atoms with E-state index in [4.69, 9.17) is 23.2 Å². The van der Waals surface area contributed by atoms with Gasteiger partial charge in [0.05, 0.1) is 23.6 Å². The number of likely N-dealkylation sites (N-methyl/N-ethyl adjacent to an activating group) is 1. The largest absolute Gasteiger partial charge is 0.508 e. The Balaban J connectivity index is 1.37. The van der Waals surface area contributed by atoms with Gasteiger partial charge in [-0.05, 0) is 41.5 Å². The highest BCUT2D eigenvalue weighted by Gasteiger charge is 2.50. The number of urea groups is 1. The summed E-state index contributed by atoms with van der Waals surface area (Å²) in [4.78, 5) is 49.2. The molecule has 0 aliphatic carbocycles. The summed E-state index contributed by atoms with van der Waals surface area (Å²) in [6, 6.07) is 20.0. The maximum absolute atomic E-state index is 14.2. The molecule has 10 nitrogen and oxygen atoms in total. The van der Waals surface area contributed by atoms with Crippen LogP contribution >= 0.6 is 23.2 Å². The Kier molecular flexibility index (Phi) is 8.31. The summed E-state index contributed by atoms with van der Waals surface area (Å²) in [5, 5.41) is 17.4. The maximum Gasteiger partial charge on any atom is 0.334 e. The van der Waals surface area contributed by atoms with E-state index in [9.17, 15) is 19.5 Å². The van der Waals surface area contributed by atoms with Gasteiger partial charge >= 0.3 is 6.03 Å². The van der Waals surface area contributed by atoms with Gasteiger partial charge in [0.1, 0.15) is 18.0 Å². The number of carbonyl (C=O) groups excluding carboxylic acids is 3. The number of halogens is 2. The van der Waals surface area contributed by atoms with Crippen LogP contribution in [-0.4, -0.2) is 80.1 Å². The van der Waals surface area contributed by atoms with Crippen molar-refractivity contribution in [3.63, 3.8) is 0 Å². The predicted molar refractivity (Wildman–Crippen MR) is 167 cm³/mol. The summed E-state index contributed by atoms with van der Waals surface area (Å²) in [5.41, 5.74) is 2.87. The van der Waals surface area contributed by atoms with Gasteiger partial charge in [0, 0.05) is 48.7 Å². The fourth-order valence-corrected chi connectivity index (χ4v) is 6.50. The smallest absolute Gasteiger partial charge is 0.334 e. The van der Waals surface area contributed by atoms with Crippen LogP contribution in [0, 0.1) is 0 Å². The number of carbonyl (C=O) groups is 3. The molecule has 2 atom stereocenters. The number of phenolic OH excluding ortho intramolecular Hbond substituents is 1.